The molecule has 5 heteroatoms. The molecule has 1 aliphatic rings. The van der Waals surface area contributed by atoms with Gasteiger partial charge in [-0.25, -0.2) is 0 Å². The van der Waals surface area contributed by atoms with Crippen LogP contribution in [-0.4, -0.2) is 28.6 Å². The van der Waals surface area contributed by atoms with Gasteiger partial charge in [0.2, 0.25) is 0 Å². The first kappa shape index (κ1) is 11.7. The summed E-state index contributed by atoms with van der Waals surface area (Å²) >= 11 is 2.18. The minimum atomic E-state index is -0.711. The van der Waals surface area contributed by atoms with Crippen LogP contribution in [0, 0.1) is 5.92 Å². The monoisotopic (exact) mass is 312 g/mol. The Hall–Kier alpha value is -0.330. The van der Waals surface area contributed by atoms with Gasteiger partial charge in [0.1, 0.15) is 6.10 Å². The normalized spacial score (nSPS) is 28.4. The zero-order valence-electron chi connectivity index (χ0n) is 8.16. The van der Waals surface area contributed by atoms with E-state index in [1.165, 1.54) is 0 Å². The van der Waals surface area contributed by atoms with E-state index in [9.17, 15) is 9.59 Å². The quantitative estimate of drug-likeness (QED) is 0.341. The standard InChI is InChI=1S/C9H13IO4/c1-3-13-8(11)6-4-7(5(2)10)14-9(6)12/h5-7H,3-4H2,1-2H3. The summed E-state index contributed by atoms with van der Waals surface area (Å²) in [5, 5.41) is 0. The second kappa shape index (κ2) is 4.95. The first-order valence-corrected chi connectivity index (χ1v) is 5.82. The van der Waals surface area contributed by atoms with Gasteiger partial charge >= 0.3 is 11.9 Å². The van der Waals surface area contributed by atoms with Crippen LogP contribution in [-0.2, 0) is 19.1 Å². The SMILES string of the molecule is CCOC(=O)C1CC(C(C)I)OC1=O. The van der Waals surface area contributed by atoms with Crippen LogP contribution in [0.5, 0.6) is 0 Å². The molecule has 1 heterocycles. The maximum Gasteiger partial charge on any atom is 0.320 e. The largest absolute Gasteiger partial charge is 0.465 e. The highest BCUT2D eigenvalue weighted by atomic mass is 127. The first-order valence-electron chi connectivity index (χ1n) is 4.57. The van der Waals surface area contributed by atoms with Crippen LogP contribution in [0.15, 0.2) is 0 Å². The van der Waals surface area contributed by atoms with Gasteiger partial charge < -0.3 is 9.47 Å². The van der Waals surface area contributed by atoms with E-state index in [0.29, 0.717) is 13.0 Å². The van der Waals surface area contributed by atoms with E-state index < -0.39 is 17.9 Å². The Bertz CT molecular complexity index is 239. The molecule has 0 saturated carbocycles. The maximum absolute atomic E-state index is 11.3. The summed E-state index contributed by atoms with van der Waals surface area (Å²) in [7, 11) is 0. The molecule has 0 aromatic carbocycles. The minimum Gasteiger partial charge on any atom is -0.465 e. The lowest BCUT2D eigenvalue weighted by molar-refractivity contribution is -0.156. The van der Waals surface area contributed by atoms with Crippen LogP contribution in [0.1, 0.15) is 20.3 Å². The molecule has 0 amide bonds. The third kappa shape index (κ3) is 2.59. The molecule has 0 radical (unpaired) electrons. The summed E-state index contributed by atoms with van der Waals surface area (Å²) in [6, 6.07) is 0. The molecule has 1 aliphatic heterocycles. The highest BCUT2D eigenvalue weighted by Crippen LogP contribution is 2.27. The second-order valence-electron chi connectivity index (χ2n) is 3.19. The molecule has 0 N–H and O–H groups in total. The molecule has 4 nitrogen and oxygen atoms in total. The smallest absolute Gasteiger partial charge is 0.320 e. The van der Waals surface area contributed by atoms with Crippen molar-refractivity contribution in [2.24, 2.45) is 5.92 Å². The van der Waals surface area contributed by atoms with E-state index in [4.69, 9.17) is 9.47 Å². The molecule has 0 bridgehead atoms. The maximum atomic E-state index is 11.3. The zero-order chi connectivity index (χ0) is 10.7. The van der Waals surface area contributed by atoms with Crippen molar-refractivity contribution in [1.82, 2.24) is 0 Å². The average Bonchev–Trinajstić information content (AvgIpc) is 2.48. The van der Waals surface area contributed by atoms with E-state index in [2.05, 4.69) is 22.6 Å². The van der Waals surface area contributed by atoms with Crippen molar-refractivity contribution in [2.45, 2.75) is 30.3 Å². The summed E-state index contributed by atoms with van der Waals surface area (Å²) in [6.45, 7) is 3.97. The number of esters is 2. The zero-order valence-corrected chi connectivity index (χ0v) is 10.3. The predicted molar refractivity (Wildman–Crippen MR) is 58.1 cm³/mol. The fourth-order valence-electron chi connectivity index (χ4n) is 1.32. The second-order valence-corrected chi connectivity index (χ2v) is 5.16. The minimum absolute atomic E-state index is 0.155. The number of hydrogen-bond acceptors (Lipinski definition) is 4. The molecule has 3 atom stereocenters. The van der Waals surface area contributed by atoms with Gasteiger partial charge in [-0.15, -0.1) is 0 Å². The van der Waals surface area contributed by atoms with E-state index in [1.807, 2.05) is 6.92 Å². The van der Waals surface area contributed by atoms with E-state index in [0.717, 1.165) is 0 Å². The Balaban J connectivity index is 2.56. The van der Waals surface area contributed by atoms with E-state index in [1.54, 1.807) is 6.92 Å². The molecule has 1 rings (SSSR count). The van der Waals surface area contributed by atoms with Gasteiger partial charge in [-0.2, -0.15) is 0 Å². The predicted octanol–water partition coefficient (Wildman–Crippen LogP) is 1.30. The first-order chi connectivity index (χ1) is 6.56. The molecule has 1 saturated heterocycles. The Morgan fingerprint density at radius 3 is 2.86 bits per heavy atom. The van der Waals surface area contributed by atoms with Crippen LogP contribution in [0.25, 0.3) is 0 Å². The Kier molecular flexibility index (Phi) is 4.15. The fraction of sp³-hybridized carbons (Fsp3) is 0.778. The van der Waals surface area contributed by atoms with Crippen molar-refractivity contribution >= 4 is 34.5 Å². The van der Waals surface area contributed by atoms with E-state index >= 15 is 0 Å². The molecular formula is C9H13IO4. The Morgan fingerprint density at radius 1 is 1.79 bits per heavy atom. The van der Waals surface area contributed by atoms with Crippen molar-refractivity contribution in [3.05, 3.63) is 0 Å². The van der Waals surface area contributed by atoms with Gasteiger partial charge in [-0.05, 0) is 13.8 Å². The Labute approximate surface area is 96.5 Å². The van der Waals surface area contributed by atoms with Gasteiger partial charge in [0, 0.05) is 10.3 Å². The van der Waals surface area contributed by atoms with Crippen LogP contribution in [0.2, 0.25) is 0 Å². The number of rotatable bonds is 3. The number of ether oxygens (including phenoxy) is 2. The summed E-state index contributed by atoms with van der Waals surface area (Å²) in [5.41, 5.74) is 0. The molecule has 14 heavy (non-hydrogen) atoms. The molecule has 3 unspecified atom stereocenters. The topological polar surface area (TPSA) is 52.6 Å². The number of hydrogen-bond donors (Lipinski definition) is 0. The van der Waals surface area contributed by atoms with Gasteiger partial charge in [-0.1, -0.05) is 22.6 Å². The van der Waals surface area contributed by atoms with Gasteiger partial charge in [-0.3, -0.25) is 9.59 Å². The van der Waals surface area contributed by atoms with Crippen molar-refractivity contribution in [1.29, 1.82) is 0 Å². The van der Waals surface area contributed by atoms with Crippen LogP contribution in [0.4, 0.5) is 0 Å². The van der Waals surface area contributed by atoms with Gasteiger partial charge in [0.25, 0.3) is 0 Å². The number of carbonyl (C=O) groups excluding carboxylic acids is 2. The van der Waals surface area contributed by atoms with Crippen molar-refractivity contribution in [3.63, 3.8) is 0 Å². The number of cyclic esters (lactones) is 1. The van der Waals surface area contributed by atoms with Crippen LogP contribution >= 0.6 is 22.6 Å². The molecule has 0 aromatic rings. The van der Waals surface area contributed by atoms with Crippen molar-refractivity contribution in [2.75, 3.05) is 6.61 Å². The molecule has 0 aliphatic carbocycles. The fourth-order valence-corrected chi connectivity index (χ4v) is 1.76. The summed E-state index contributed by atoms with van der Waals surface area (Å²) < 4.78 is 10.1. The number of alkyl halides is 1. The van der Waals surface area contributed by atoms with Crippen LogP contribution in [0.3, 0.4) is 0 Å². The number of carbonyl (C=O) groups is 2. The third-order valence-electron chi connectivity index (χ3n) is 2.10. The molecule has 0 spiro atoms. The average molecular weight is 312 g/mol. The lowest BCUT2D eigenvalue weighted by atomic mass is 10.0. The molecular weight excluding hydrogens is 299 g/mol. The summed E-state index contributed by atoms with van der Waals surface area (Å²) in [4.78, 5) is 22.6. The molecule has 1 fully saturated rings. The van der Waals surface area contributed by atoms with Crippen molar-refractivity contribution < 1.29 is 19.1 Å². The third-order valence-corrected chi connectivity index (χ3v) is 2.91. The molecule has 0 aromatic heterocycles. The van der Waals surface area contributed by atoms with Gasteiger partial charge in [0.15, 0.2) is 5.92 Å². The highest BCUT2D eigenvalue weighted by molar-refractivity contribution is 14.1. The van der Waals surface area contributed by atoms with E-state index in [-0.39, 0.29) is 10.0 Å². The summed E-state index contributed by atoms with van der Waals surface area (Å²) in [6.07, 6.45) is 0.291. The summed E-state index contributed by atoms with van der Waals surface area (Å²) in [5.74, 6) is -1.62. The highest BCUT2D eigenvalue weighted by Gasteiger charge is 2.41. The Morgan fingerprint density at radius 2 is 2.43 bits per heavy atom. The van der Waals surface area contributed by atoms with Crippen molar-refractivity contribution in [3.8, 4) is 0 Å². The number of halogens is 1. The lowest BCUT2D eigenvalue weighted by Crippen LogP contribution is -2.21. The molecule has 80 valence electrons. The lowest BCUT2D eigenvalue weighted by Gasteiger charge is -2.10. The van der Waals surface area contributed by atoms with Crippen LogP contribution < -0.4 is 0 Å². The van der Waals surface area contributed by atoms with Gasteiger partial charge in [0.05, 0.1) is 6.61 Å².